The summed E-state index contributed by atoms with van der Waals surface area (Å²) < 4.78 is 5.96. The van der Waals surface area contributed by atoms with Crippen LogP contribution in [0.25, 0.3) is 0 Å². The molecule has 0 bridgehead atoms. The highest BCUT2D eigenvalue weighted by Crippen LogP contribution is 2.47. The molecule has 1 aromatic rings. The maximum absolute atomic E-state index is 5.96. The lowest BCUT2D eigenvalue weighted by molar-refractivity contribution is 0.154. The minimum atomic E-state index is -0.303. The summed E-state index contributed by atoms with van der Waals surface area (Å²) in [5.74, 6) is 1.27. The highest BCUT2D eigenvalue weighted by molar-refractivity contribution is 5.50. The Balaban J connectivity index is 2.15. The molecule has 0 saturated heterocycles. The van der Waals surface area contributed by atoms with Crippen LogP contribution in [0.15, 0.2) is 48.2 Å². The lowest BCUT2D eigenvalue weighted by Crippen LogP contribution is -2.34. The Morgan fingerprint density at radius 1 is 1.33 bits per heavy atom. The maximum atomic E-state index is 5.96. The number of benzene rings is 1. The molecular formula is C13H13NO. The molecular weight excluding hydrogens is 186 g/mol. The van der Waals surface area contributed by atoms with Gasteiger partial charge in [-0.25, -0.2) is 0 Å². The van der Waals surface area contributed by atoms with Crippen LogP contribution >= 0.6 is 0 Å². The topological polar surface area (TPSA) is 35.2 Å². The van der Waals surface area contributed by atoms with Crippen LogP contribution in [0.2, 0.25) is 0 Å². The second-order valence-corrected chi connectivity index (χ2v) is 4.30. The first kappa shape index (κ1) is 8.60. The van der Waals surface area contributed by atoms with Crippen LogP contribution in [0.3, 0.4) is 0 Å². The van der Waals surface area contributed by atoms with E-state index in [2.05, 4.69) is 19.1 Å². The summed E-state index contributed by atoms with van der Waals surface area (Å²) in [7, 11) is 0. The van der Waals surface area contributed by atoms with E-state index in [9.17, 15) is 0 Å². The molecule has 0 aromatic heterocycles. The Bertz CT molecular complexity index is 475. The van der Waals surface area contributed by atoms with E-state index < -0.39 is 0 Å². The van der Waals surface area contributed by atoms with Gasteiger partial charge in [-0.3, -0.25) is 0 Å². The lowest BCUT2D eigenvalue weighted by Gasteiger charge is -2.28. The zero-order chi connectivity index (χ0) is 10.5. The predicted molar refractivity (Wildman–Crippen MR) is 59.6 cm³/mol. The van der Waals surface area contributed by atoms with Gasteiger partial charge in [0.05, 0.1) is 0 Å². The Morgan fingerprint density at radius 2 is 2.13 bits per heavy atom. The Morgan fingerprint density at radius 3 is 3.00 bits per heavy atom. The molecule has 2 heteroatoms. The summed E-state index contributed by atoms with van der Waals surface area (Å²) in [6, 6.07) is 8.17. The Labute approximate surface area is 89.0 Å². The molecule has 15 heavy (non-hydrogen) atoms. The van der Waals surface area contributed by atoms with E-state index in [1.807, 2.05) is 30.4 Å². The fraction of sp³-hybridized carbons (Fsp3) is 0.231. The minimum Gasteiger partial charge on any atom is -0.482 e. The van der Waals surface area contributed by atoms with Crippen molar-refractivity contribution in [2.75, 3.05) is 0 Å². The maximum Gasteiger partial charge on any atom is 0.137 e. The largest absolute Gasteiger partial charge is 0.482 e. The second-order valence-electron chi connectivity index (χ2n) is 4.30. The Kier molecular flexibility index (Phi) is 1.52. The summed E-state index contributed by atoms with van der Waals surface area (Å²) >= 11 is 0. The van der Waals surface area contributed by atoms with Crippen molar-refractivity contribution in [1.82, 2.24) is 0 Å². The van der Waals surface area contributed by atoms with E-state index in [4.69, 9.17) is 10.5 Å². The van der Waals surface area contributed by atoms with Crippen LogP contribution in [0.1, 0.15) is 18.4 Å². The van der Waals surface area contributed by atoms with Crippen LogP contribution in [0, 0.1) is 0 Å². The van der Waals surface area contributed by atoms with Crippen molar-refractivity contribution in [3.05, 3.63) is 53.8 Å². The first-order chi connectivity index (χ1) is 7.19. The van der Waals surface area contributed by atoms with Crippen molar-refractivity contribution in [2.45, 2.75) is 18.4 Å². The van der Waals surface area contributed by atoms with E-state index in [0.717, 1.165) is 11.4 Å². The second kappa shape index (κ2) is 2.66. The zero-order valence-electron chi connectivity index (χ0n) is 8.60. The molecule has 2 atom stereocenters. The first-order valence-electron chi connectivity index (χ1n) is 5.13. The summed E-state index contributed by atoms with van der Waals surface area (Å²) in [4.78, 5) is 0. The summed E-state index contributed by atoms with van der Waals surface area (Å²) in [6.45, 7) is 2.08. The van der Waals surface area contributed by atoms with Crippen molar-refractivity contribution in [1.29, 1.82) is 0 Å². The molecule has 0 spiro atoms. The van der Waals surface area contributed by atoms with Crippen molar-refractivity contribution in [3.8, 4) is 5.75 Å². The van der Waals surface area contributed by atoms with Gasteiger partial charge < -0.3 is 10.5 Å². The van der Waals surface area contributed by atoms with E-state index in [1.165, 1.54) is 5.56 Å². The van der Waals surface area contributed by atoms with Crippen LogP contribution in [-0.4, -0.2) is 5.60 Å². The number of hydrogen-bond acceptors (Lipinski definition) is 2. The summed E-state index contributed by atoms with van der Waals surface area (Å²) in [6.07, 6.45) is 6.08. The lowest BCUT2D eigenvalue weighted by atomic mass is 9.82. The third-order valence-electron chi connectivity index (χ3n) is 3.14. The van der Waals surface area contributed by atoms with Gasteiger partial charge in [-0.05, 0) is 25.1 Å². The van der Waals surface area contributed by atoms with Crippen molar-refractivity contribution >= 4 is 0 Å². The molecule has 0 radical (unpaired) electrons. The number of nitrogens with two attached hydrogens (primary N) is 1. The highest BCUT2D eigenvalue weighted by Gasteiger charge is 2.43. The van der Waals surface area contributed by atoms with Gasteiger partial charge in [0.2, 0.25) is 0 Å². The molecule has 2 unspecified atom stereocenters. The molecule has 1 aliphatic carbocycles. The minimum absolute atomic E-state index is 0.293. The monoisotopic (exact) mass is 199 g/mol. The first-order valence-corrected chi connectivity index (χ1v) is 5.13. The number of rotatable bonds is 0. The van der Waals surface area contributed by atoms with Crippen LogP contribution in [0.4, 0.5) is 0 Å². The fourth-order valence-corrected chi connectivity index (χ4v) is 2.44. The number of fused-ring (bicyclic) bond motifs is 3. The van der Waals surface area contributed by atoms with Gasteiger partial charge in [0.15, 0.2) is 0 Å². The van der Waals surface area contributed by atoms with Gasteiger partial charge in [0, 0.05) is 17.2 Å². The standard InChI is InChI=1S/C13H13NO/c1-13-8-9(14)6-7-11(13)10-4-2-3-5-12(10)15-13/h2-8,11H,14H2,1H3. The van der Waals surface area contributed by atoms with Gasteiger partial charge >= 0.3 is 0 Å². The predicted octanol–water partition coefficient (Wildman–Crippen LogP) is 2.33. The average Bonchev–Trinajstić information content (AvgIpc) is 2.48. The van der Waals surface area contributed by atoms with Gasteiger partial charge in [-0.15, -0.1) is 0 Å². The van der Waals surface area contributed by atoms with Crippen molar-refractivity contribution in [2.24, 2.45) is 5.73 Å². The molecule has 2 nitrogen and oxygen atoms in total. The number of allylic oxidation sites excluding steroid dienone is 1. The molecule has 2 N–H and O–H groups in total. The highest BCUT2D eigenvalue weighted by atomic mass is 16.5. The van der Waals surface area contributed by atoms with E-state index in [-0.39, 0.29) is 5.60 Å². The van der Waals surface area contributed by atoms with Crippen molar-refractivity contribution in [3.63, 3.8) is 0 Å². The van der Waals surface area contributed by atoms with E-state index >= 15 is 0 Å². The quantitative estimate of drug-likeness (QED) is 0.696. The molecule has 0 saturated carbocycles. The normalized spacial score (nSPS) is 31.5. The van der Waals surface area contributed by atoms with Crippen LogP contribution < -0.4 is 10.5 Å². The number of para-hydroxylation sites is 1. The van der Waals surface area contributed by atoms with Crippen LogP contribution in [-0.2, 0) is 0 Å². The molecule has 3 rings (SSSR count). The molecule has 1 aliphatic heterocycles. The number of hydrogen-bond donors (Lipinski definition) is 1. The fourth-order valence-electron chi connectivity index (χ4n) is 2.44. The number of ether oxygens (including phenoxy) is 1. The summed E-state index contributed by atoms with van der Waals surface area (Å²) in [5, 5.41) is 0. The van der Waals surface area contributed by atoms with Crippen LogP contribution in [0.5, 0.6) is 5.75 Å². The molecule has 2 aliphatic rings. The molecule has 0 fully saturated rings. The van der Waals surface area contributed by atoms with Gasteiger partial charge in [-0.2, -0.15) is 0 Å². The van der Waals surface area contributed by atoms with Gasteiger partial charge in [0.25, 0.3) is 0 Å². The molecule has 0 amide bonds. The van der Waals surface area contributed by atoms with E-state index in [1.54, 1.807) is 0 Å². The van der Waals surface area contributed by atoms with Gasteiger partial charge in [0.1, 0.15) is 11.4 Å². The smallest absolute Gasteiger partial charge is 0.137 e. The van der Waals surface area contributed by atoms with E-state index in [0.29, 0.717) is 5.92 Å². The third-order valence-corrected chi connectivity index (χ3v) is 3.14. The Hall–Kier alpha value is -1.70. The molecule has 1 aromatic carbocycles. The average molecular weight is 199 g/mol. The molecule has 76 valence electrons. The SMILES string of the molecule is CC12C=C(N)C=CC1c1ccccc1O2. The van der Waals surface area contributed by atoms with Gasteiger partial charge in [-0.1, -0.05) is 24.3 Å². The zero-order valence-corrected chi connectivity index (χ0v) is 8.60. The van der Waals surface area contributed by atoms with Crippen molar-refractivity contribution < 1.29 is 4.74 Å². The third kappa shape index (κ3) is 1.11. The summed E-state index contributed by atoms with van der Waals surface area (Å²) in [5.41, 5.74) is 7.53. The molecule has 1 heterocycles.